The van der Waals surface area contributed by atoms with Crippen molar-refractivity contribution in [1.29, 1.82) is 0 Å². The molecule has 0 bridgehead atoms. The number of nitrogens with zero attached hydrogens (tertiary/aromatic N) is 2. The lowest BCUT2D eigenvalue weighted by Crippen LogP contribution is -2.32. The van der Waals surface area contributed by atoms with Gasteiger partial charge in [0.2, 0.25) is 11.7 Å². The number of ether oxygens (including phenoxy) is 1. The van der Waals surface area contributed by atoms with Crippen LogP contribution in [0.5, 0.6) is 0 Å². The van der Waals surface area contributed by atoms with Crippen LogP contribution < -0.4 is 5.32 Å². The van der Waals surface area contributed by atoms with E-state index in [1.165, 1.54) is 0 Å². The Morgan fingerprint density at radius 2 is 2.10 bits per heavy atom. The Morgan fingerprint density at radius 1 is 1.29 bits per heavy atom. The van der Waals surface area contributed by atoms with Crippen molar-refractivity contribution in [2.24, 2.45) is 0 Å². The van der Waals surface area contributed by atoms with E-state index >= 15 is 0 Å². The maximum absolute atomic E-state index is 6.12. The lowest BCUT2D eigenvalue weighted by Gasteiger charge is -2.22. The molecule has 0 saturated carbocycles. The number of rotatable bonds is 5. The van der Waals surface area contributed by atoms with Crippen molar-refractivity contribution in [2.45, 2.75) is 25.4 Å². The first-order valence-corrected chi connectivity index (χ1v) is 7.60. The normalized spacial score (nSPS) is 16.2. The summed E-state index contributed by atoms with van der Waals surface area (Å²) in [6.45, 7) is 2.67. The molecule has 1 saturated heterocycles. The Kier molecular flexibility index (Phi) is 4.85. The first kappa shape index (κ1) is 14.5. The molecule has 1 aromatic carbocycles. The summed E-state index contributed by atoms with van der Waals surface area (Å²) in [4.78, 5) is 4.37. The first-order valence-electron chi connectivity index (χ1n) is 7.23. The van der Waals surface area contributed by atoms with Crippen LogP contribution in [-0.4, -0.2) is 35.9 Å². The highest BCUT2D eigenvalue weighted by atomic mass is 35.5. The predicted molar refractivity (Wildman–Crippen MR) is 80.3 cm³/mol. The maximum atomic E-state index is 6.12. The van der Waals surface area contributed by atoms with Gasteiger partial charge in [0.15, 0.2) is 0 Å². The van der Waals surface area contributed by atoms with Crippen LogP contribution in [0.15, 0.2) is 28.8 Å². The fourth-order valence-corrected chi connectivity index (χ4v) is 2.60. The van der Waals surface area contributed by atoms with Crippen LogP contribution in [0, 0.1) is 0 Å². The van der Waals surface area contributed by atoms with Crippen molar-refractivity contribution in [2.75, 3.05) is 19.7 Å². The third kappa shape index (κ3) is 3.81. The molecule has 1 aliphatic rings. The molecule has 1 aliphatic heterocycles. The van der Waals surface area contributed by atoms with Crippen molar-refractivity contribution in [3.05, 3.63) is 35.2 Å². The molecule has 1 fully saturated rings. The van der Waals surface area contributed by atoms with Gasteiger partial charge in [-0.15, -0.1) is 0 Å². The van der Waals surface area contributed by atoms with Crippen LogP contribution >= 0.6 is 11.6 Å². The van der Waals surface area contributed by atoms with Crippen molar-refractivity contribution in [3.8, 4) is 11.4 Å². The molecule has 0 atom stereocenters. The van der Waals surface area contributed by atoms with E-state index in [0.717, 1.165) is 31.5 Å². The van der Waals surface area contributed by atoms with E-state index in [2.05, 4.69) is 15.5 Å². The van der Waals surface area contributed by atoms with E-state index < -0.39 is 0 Å². The molecule has 1 aromatic heterocycles. The lowest BCUT2D eigenvalue weighted by molar-refractivity contribution is 0.0322. The highest BCUT2D eigenvalue weighted by molar-refractivity contribution is 6.33. The second kappa shape index (κ2) is 7.02. The molecular formula is C15H18ClN3O2. The molecule has 2 heterocycles. The summed E-state index contributed by atoms with van der Waals surface area (Å²) in [6.07, 6.45) is 3.10. The first-order chi connectivity index (χ1) is 10.3. The number of aromatic nitrogens is 2. The Bertz CT molecular complexity index is 582. The summed E-state index contributed by atoms with van der Waals surface area (Å²) in [6, 6.07) is 7.47. The molecule has 1 N–H and O–H groups in total. The Morgan fingerprint density at radius 3 is 2.90 bits per heavy atom. The number of benzene rings is 1. The Hall–Kier alpha value is -1.43. The largest absolute Gasteiger partial charge is 0.378 e. The quantitative estimate of drug-likeness (QED) is 0.920. The van der Waals surface area contributed by atoms with Crippen LogP contribution in [0.2, 0.25) is 5.02 Å². The third-order valence-electron chi connectivity index (χ3n) is 3.54. The Labute approximate surface area is 128 Å². The lowest BCUT2D eigenvalue weighted by atomic mass is 10.1. The number of hydrogen-bond acceptors (Lipinski definition) is 5. The van der Waals surface area contributed by atoms with E-state index in [1.54, 1.807) is 0 Å². The van der Waals surface area contributed by atoms with Crippen LogP contribution in [0.3, 0.4) is 0 Å². The molecule has 0 amide bonds. The summed E-state index contributed by atoms with van der Waals surface area (Å²) >= 11 is 6.12. The molecular weight excluding hydrogens is 290 g/mol. The van der Waals surface area contributed by atoms with Gasteiger partial charge in [-0.2, -0.15) is 4.98 Å². The van der Waals surface area contributed by atoms with E-state index in [9.17, 15) is 0 Å². The van der Waals surface area contributed by atoms with Crippen molar-refractivity contribution >= 4 is 11.6 Å². The minimum Gasteiger partial charge on any atom is -0.378 e. The number of nitrogens with one attached hydrogen (secondary N) is 1. The fourth-order valence-electron chi connectivity index (χ4n) is 2.38. The van der Waals surface area contributed by atoms with E-state index in [0.29, 0.717) is 35.9 Å². The standard InChI is InChI=1S/C15H18ClN3O2/c16-13-4-2-1-3-12(13)15-18-14(21-19-15)7-10-20-11-5-8-17-9-6-11/h1-4,11,17H,5-10H2. The monoisotopic (exact) mass is 307 g/mol. The van der Waals surface area contributed by atoms with Crippen LogP contribution in [0.4, 0.5) is 0 Å². The smallest absolute Gasteiger partial charge is 0.229 e. The highest BCUT2D eigenvalue weighted by Crippen LogP contribution is 2.24. The summed E-state index contributed by atoms with van der Waals surface area (Å²) in [5.74, 6) is 1.11. The summed E-state index contributed by atoms with van der Waals surface area (Å²) < 4.78 is 11.1. The van der Waals surface area contributed by atoms with Crippen molar-refractivity contribution < 1.29 is 9.26 Å². The molecule has 2 aromatic rings. The minimum absolute atomic E-state index is 0.345. The molecule has 0 spiro atoms. The SMILES string of the molecule is Clc1ccccc1-c1noc(CCOC2CCNCC2)n1. The minimum atomic E-state index is 0.345. The van der Waals surface area contributed by atoms with E-state index in [-0.39, 0.29) is 0 Å². The average molecular weight is 308 g/mol. The van der Waals surface area contributed by atoms with Gasteiger partial charge in [-0.3, -0.25) is 0 Å². The third-order valence-corrected chi connectivity index (χ3v) is 3.87. The zero-order valence-corrected chi connectivity index (χ0v) is 12.5. The molecule has 112 valence electrons. The average Bonchev–Trinajstić information content (AvgIpc) is 2.97. The fraction of sp³-hybridized carbons (Fsp3) is 0.467. The van der Waals surface area contributed by atoms with E-state index in [4.69, 9.17) is 20.9 Å². The topological polar surface area (TPSA) is 60.2 Å². The van der Waals surface area contributed by atoms with Crippen LogP contribution in [0.1, 0.15) is 18.7 Å². The molecule has 0 unspecified atom stereocenters. The molecule has 5 nitrogen and oxygen atoms in total. The Balaban J connectivity index is 1.54. The molecule has 21 heavy (non-hydrogen) atoms. The van der Waals surface area contributed by atoms with Gasteiger partial charge < -0.3 is 14.6 Å². The van der Waals surface area contributed by atoms with Gasteiger partial charge in [0.05, 0.1) is 24.2 Å². The van der Waals surface area contributed by atoms with Gasteiger partial charge in [0.25, 0.3) is 0 Å². The van der Waals surface area contributed by atoms with Gasteiger partial charge in [-0.25, -0.2) is 0 Å². The van der Waals surface area contributed by atoms with Crippen LogP contribution in [0.25, 0.3) is 11.4 Å². The molecule has 6 heteroatoms. The zero-order valence-electron chi connectivity index (χ0n) is 11.7. The number of halogens is 1. The van der Waals surface area contributed by atoms with Crippen molar-refractivity contribution in [1.82, 2.24) is 15.5 Å². The van der Waals surface area contributed by atoms with E-state index in [1.807, 2.05) is 24.3 Å². The number of hydrogen-bond donors (Lipinski definition) is 1. The maximum Gasteiger partial charge on any atom is 0.229 e. The molecule has 0 radical (unpaired) electrons. The van der Waals surface area contributed by atoms with Gasteiger partial charge in [-0.05, 0) is 38.1 Å². The van der Waals surface area contributed by atoms with Gasteiger partial charge in [0.1, 0.15) is 0 Å². The van der Waals surface area contributed by atoms with Gasteiger partial charge in [-0.1, -0.05) is 28.9 Å². The molecule has 3 rings (SSSR count). The summed E-state index contributed by atoms with van der Waals surface area (Å²) in [5.41, 5.74) is 0.786. The highest BCUT2D eigenvalue weighted by Gasteiger charge is 2.15. The van der Waals surface area contributed by atoms with Gasteiger partial charge in [0, 0.05) is 5.56 Å². The molecule has 0 aliphatic carbocycles. The summed E-state index contributed by atoms with van der Waals surface area (Å²) in [7, 11) is 0. The number of piperidine rings is 1. The van der Waals surface area contributed by atoms with Crippen molar-refractivity contribution in [3.63, 3.8) is 0 Å². The second-order valence-electron chi connectivity index (χ2n) is 5.06. The zero-order chi connectivity index (χ0) is 14.5. The second-order valence-corrected chi connectivity index (χ2v) is 5.47. The van der Waals surface area contributed by atoms with Gasteiger partial charge >= 0.3 is 0 Å². The summed E-state index contributed by atoms with van der Waals surface area (Å²) in [5, 5.41) is 7.91. The van der Waals surface area contributed by atoms with Crippen LogP contribution in [-0.2, 0) is 11.2 Å². The predicted octanol–water partition coefficient (Wildman–Crippen LogP) is 2.70.